The topological polar surface area (TPSA) is 107 Å². The summed E-state index contributed by atoms with van der Waals surface area (Å²) in [5.41, 5.74) is 1.15. The van der Waals surface area contributed by atoms with E-state index in [2.05, 4.69) is 21.2 Å². The zero-order valence-corrected chi connectivity index (χ0v) is 20.0. The van der Waals surface area contributed by atoms with Crippen molar-refractivity contribution < 1.29 is 28.5 Å². The van der Waals surface area contributed by atoms with Crippen molar-refractivity contribution in [3.05, 3.63) is 63.6 Å². The standard InChI is InChI=1S/C24H23BrN2O6/c1-30-11-10-27-24(29)18(15-26)12-16-4-7-21(22(13-16)32-3)33-23(28)9-5-17-14-19(25)6-8-20(17)31-2/h4-9,12-14H,10-11H2,1-3H3,(H,27,29)/b9-5+,18-12+. The maximum absolute atomic E-state index is 12.3. The number of hydrogen-bond acceptors (Lipinski definition) is 7. The van der Waals surface area contributed by atoms with E-state index in [-0.39, 0.29) is 23.6 Å². The second kappa shape index (κ2) is 13.1. The molecule has 0 saturated carbocycles. The monoisotopic (exact) mass is 514 g/mol. The molecule has 2 aromatic carbocycles. The summed E-state index contributed by atoms with van der Waals surface area (Å²) < 4.78 is 21.7. The summed E-state index contributed by atoms with van der Waals surface area (Å²) in [5, 5.41) is 11.9. The highest BCUT2D eigenvalue weighted by atomic mass is 79.9. The molecule has 2 rings (SSSR count). The van der Waals surface area contributed by atoms with Gasteiger partial charge in [0.2, 0.25) is 0 Å². The fourth-order valence-electron chi connectivity index (χ4n) is 2.67. The summed E-state index contributed by atoms with van der Waals surface area (Å²) in [7, 11) is 4.48. The number of halogens is 1. The van der Waals surface area contributed by atoms with Gasteiger partial charge in [0, 0.05) is 29.8 Å². The minimum atomic E-state index is -0.617. The number of amides is 1. The van der Waals surface area contributed by atoms with Crippen molar-refractivity contribution in [2.75, 3.05) is 34.5 Å². The van der Waals surface area contributed by atoms with Crippen LogP contribution in [-0.2, 0) is 14.3 Å². The molecule has 0 saturated heterocycles. The van der Waals surface area contributed by atoms with Gasteiger partial charge in [-0.25, -0.2) is 4.79 Å². The summed E-state index contributed by atoms with van der Waals surface area (Å²) >= 11 is 3.38. The largest absolute Gasteiger partial charge is 0.496 e. The van der Waals surface area contributed by atoms with E-state index in [9.17, 15) is 14.9 Å². The number of nitrogens with zero attached hydrogens (tertiary/aromatic N) is 1. The maximum atomic E-state index is 12.3. The van der Waals surface area contributed by atoms with Gasteiger partial charge < -0.3 is 24.3 Å². The second-order valence-electron chi connectivity index (χ2n) is 6.47. The van der Waals surface area contributed by atoms with Crippen LogP contribution >= 0.6 is 15.9 Å². The molecule has 172 valence electrons. The molecule has 0 bridgehead atoms. The Morgan fingerprint density at radius 2 is 1.79 bits per heavy atom. The molecule has 0 fully saturated rings. The third-order valence-corrected chi connectivity index (χ3v) is 4.75. The lowest BCUT2D eigenvalue weighted by atomic mass is 10.1. The third kappa shape index (κ3) is 7.79. The summed E-state index contributed by atoms with van der Waals surface area (Å²) in [5.74, 6) is -0.0716. The highest BCUT2D eigenvalue weighted by Crippen LogP contribution is 2.29. The highest BCUT2D eigenvalue weighted by Gasteiger charge is 2.12. The predicted molar refractivity (Wildman–Crippen MR) is 127 cm³/mol. The molecule has 0 atom stereocenters. The van der Waals surface area contributed by atoms with Gasteiger partial charge in [-0.2, -0.15) is 5.26 Å². The van der Waals surface area contributed by atoms with Gasteiger partial charge in [-0.3, -0.25) is 4.79 Å². The van der Waals surface area contributed by atoms with E-state index in [1.165, 1.54) is 32.4 Å². The Bertz CT molecular complexity index is 1100. The normalized spacial score (nSPS) is 11.1. The van der Waals surface area contributed by atoms with Crippen LogP contribution in [0.2, 0.25) is 0 Å². The molecule has 2 aromatic rings. The van der Waals surface area contributed by atoms with Crippen LogP contribution < -0.4 is 19.5 Å². The van der Waals surface area contributed by atoms with Crippen molar-refractivity contribution >= 4 is 40.0 Å². The number of carbonyl (C=O) groups excluding carboxylic acids is 2. The summed E-state index contributed by atoms with van der Waals surface area (Å²) in [6, 6.07) is 12.0. The zero-order chi connectivity index (χ0) is 24.2. The average Bonchev–Trinajstić information content (AvgIpc) is 2.82. The van der Waals surface area contributed by atoms with E-state index in [0.29, 0.717) is 23.5 Å². The minimum absolute atomic E-state index is 0.0798. The predicted octanol–water partition coefficient (Wildman–Crippen LogP) is 3.75. The Morgan fingerprint density at radius 1 is 1.06 bits per heavy atom. The van der Waals surface area contributed by atoms with Crippen molar-refractivity contribution in [3.8, 4) is 23.3 Å². The van der Waals surface area contributed by atoms with Crippen molar-refractivity contribution in [3.63, 3.8) is 0 Å². The minimum Gasteiger partial charge on any atom is -0.496 e. The van der Waals surface area contributed by atoms with Gasteiger partial charge in [-0.05, 0) is 48.0 Å². The second-order valence-corrected chi connectivity index (χ2v) is 7.39. The Labute approximate surface area is 200 Å². The first-order valence-electron chi connectivity index (χ1n) is 9.72. The lowest BCUT2D eigenvalue weighted by Crippen LogP contribution is -2.27. The Morgan fingerprint density at radius 3 is 2.45 bits per heavy atom. The quantitative estimate of drug-likeness (QED) is 0.169. The summed E-state index contributed by atoms with van der Waals surface area (Å²) in [4.78, 5) is 24.4. The molecule has 0 aromatic heterocycles. The third-order valence-electron chi connectivity index (χ3n) is 4.26. The molecular weight excluding hydrogens is 492 g/mol. The number of carbonyl (C=O) groups is 2. The van der Waals surface area contributed by atoms with E-state index in [1.54, 1.807) is 31.4 Å². The highest BCUT2D eigenvalue weighted by molar-refractivity contribution is 9.10. The Kier molecular flexibility index (Phi) is 10.1. The van der Waals surface area contributed by atoms with Crippen molar-refractivity contribution in [1.29, 1.82) is 5.26 Å². The lowest BCUT2D eigenvalue weighted by molar-refractivity contribution is -0.129. The molecule has 0 spiro atoms. The van der Waals surface area contributed by atoms with Crippen LogP contribution in [0.1, 0.15) is 11.1 Å². The van der Waals surface area contributed by atoms with Gasteiger partial charge in [-0.1, -0.05) is 22.0 Å². The molecule has 0 heterocycles. The Hall–Kier alpha value is -3.61. The van der Waals surface area contributed by atoms with Crippen LogP contribution in [0.25, 0.3) is 12.2 Å². The lowest BCUT2D eigenvalue weighted by Gasteiger charge is -2.09. The first-order valence-corrected chi connectivity index (χ1v) is 10.5. The molecule has 0 aliphatic heterocycles. The maximum Gasteiger partial charge on any atom is 0.336 e. The molecule has 0 unspecified atom stereocenters. The van der Waals surface area contributed by atoms with Gasteiger partial charge in [0.15, 0.2) is 11.5 Å². The van der Waals surface area contributed by atoms with E-state index in [0.717, 1.165) is 4.47 Å². The first-order chi connectivity index (χ1) is 15.9. The molecule has 0 aliphatic carbocycles. The number of nitrogens with one attached hydrogen (secondary N) is 1. The SMILES string of the molecule is COCCNC(=O)/C(C#N)=C/c1ccc(OC(=O)/C=C/c2cc(Br)ccc2OC)c(OC)c1. The van der Waals surface area contributed by atoms with Gasteiger partial charge in [0.1, 0.15) is 17.4 Å². The summed E-state index contributed by atoms with van der Waals surface area (Å²) in [6.07, 6.45) is 4.27. The first kappa shape index (κ1) is 25.6. The number of nitriles is 1. The van der Waals surface area contributed by atoms with Crippen molar-refractivity contribution in [1.82, 2.24) is 5.32 Å². The van der Waals surface area contributed by atoms with Crippen molar-refractivity contribution in [2.45, 2.75) is 0 Å². The van der Waals surface area contributed by atoms with Crippen LogP contribution in [0, 0.1) is 11.3 Å². The number of ether oxygens (including phenoxy) is 4. The van der Waals surface area contributed by atoms with E-state index in [1.807, 2.05) is 18.2 Å². The van der Waals surface area contributed by atoms with Crippen LogP contribution in [0.5, 0.6) is 17.2 Å². The number of hydrogen-bond donors (Lipinski definition) is 1. The van der Waals surface area contributed by atoms with Gasteiger partial charge in [-0.15, -0.1) is 0 Å². The van der Waals surface area contributed by atoms with Crippen LogP contribution in [0.4, 0.5) is 0 Å². The molecule has 8 nitrogen and oxygen atoms in total. The fourth-order valence-corrected chi connectivity index (χ4v) is 3.05. The molecular formula is C24H23BrN2O6. The number of benzene rings is 2. The van der Waals surface area contributed by atoms with Gasteiger partial charge >= 0.3 is 5.97 Å². The van der Waals surface area contributed by atoms with E-state index in [4.69, 9.17) is 18.9 Å². The molecule has 0 aliphatic rings. The zero-order valence-electron chi connectivity index (χ0n) is 18.4. The van der Waals surface area contributed by atoms with Crippen molar-refractivity contribution in [2.24, 2.45) is 0 Å². The fraction of sp³-hybridized carbons (Fsp3) is 0.208. The number of methoxy groups -OCH3 is 3. The molecule has 33 heavy (non-hydrogen) atoms. The number of esters is 1. The van der Waals surface area contributed by atoms with Gasteiger partial charge in [0.25, 0.3) is 5.91 Å². The van der Waals surface area contributed by atoms with Crippen LogP contribution in [0.15, 0.2) is 52.5 Å². The summed E-state index contributed by atoms with van der Waals surface area (Å²) in [6.45, 7) is 0.618. The molecule has 1 N–H and O–H groups in total. The molecule has 0 radical (unpaired) electrons. The van der Waals surface area contributed by atoms with E-state index < -0.39 is 11.9 Å². The van der Waals surface area contributed by atoms with Gasteiger partial charge in [0.05, 0.1) is 20.8 Å². The smallest absolute Gasteiger partial charge is 0.336 e. The molecule has 9 heteroatoms. The number of rotatable bonds is 10. The van der Waals surface area contributed by atoms with Crippen LogP contribution in [0.3, 0.4) is 0 Å². The average molecular weight is 515 g/mol. The van der Waals surface area contributed by atoms with E-state index >= 15 is 0 Å². The Balaban J connectivity index is 2.16. The molecule has 1 amide bonds. The van der Waals surface area contributed by atoms with Crippen LogP contribution in [-0.4, -0.2) is 46.4 Å².